The molecule has 0 aliphatic heterocycles. The standard InChI is InChI=1S/C5H6Si.HI/c1-2-4-6-5-3-1;/h1-6H;1H. The van der Waals surface area contributed by atoms with E-state index in [1.165, 1.54) is 0 Å². The Kier molecular flexibility index (Phi) is 4.64. The Bertz CT molecular complexity index is 80.0. The maximum absolute atomic E-state index is 2.21. The molecule has 0 spiro atoms. The van der Waals surface area contributed by atoms with Crippen molar-refractivity contribution in [1.29, 1.82) is 0 Å². The zero-order valence-electron chi connectivity index (χ0n) is 3.87. The molecular formula is C5H7ISi. The van der Waals surface area contributed by atoms with Gasteiger partial charge >= 0.3 is 0 Å². The van der Waals surface area contributed by atoms with Gasteiger partial charge in [-0.15, -0.1) is 24.0 Å². The van der Waals surface area contributed by atoms with Gasteiger partial charge in [-0.2, -0.15) is 0 Å². The highest BCUT2D eigenvalue weighted by Crippen LogP contribution is 1.73. The van der Waals surface area contributed by atoms with Crippen LogP contribution in [-0.4, -0.2) is 9.12 Å². The molecule has 0 aromatic carbocycles. The minimum absolute atomic E-state index is 0. The van der Waals surface area contributed by atoms with Crippen molar-refractivity contribution in [3.8, 4) is 0 Å². The third kappa shape index (κ3) is 2.93. The first-order valence-corrected chi connectivity index (χ1v) is 3.33. The first-order chi connectivity index (χ1) is 3.00. The first-order valence-electron chi connectivity index (χ1n) is 2.00. The molecule has 1 aromatic heterocycles. The zero-order chi connectivity index (χ0) is 4.24. The molecular weight excluding hydrogens is 215 g/mol. The maximum atomic E-state index is 2.21. The van der Waals surface area contributed by atoms with E-state index >= 15 is 0 Å². The van der Waals surface area contributed by atoms with Crippen LogP contribution in [0.4, 0.5) is 0 Å². The minimum atomic E-state index is 0. The van der Waals surface area contributed by atoms with E-state index in [4.69, 9.17) is 0 Å². The number of hydrogen-bond donors (Lipinski definition) is 0. The highest BCUT2D eigenvalue weighted by Gasteiger charge is 1.58. The van der Waals surface area contributed by atoms with Crippen LogP contribution in [0.25, 0.3) is 0 Å². The highest BCUT2D eigenvalue weighted by molar-refractivity contribution is 14.0. The van der Waals surface area contributed by atoms with Crippen LogP contribution < -0.4 is 0 Å². The third-order valence-electron chi connectivity index (χ3n) is 0.667. The maximum Gasteiger partial charge on any atom is 0.0198 e. The molecule has 38 valence electrons. The van der Waals surface area contributed by atoms with Crippen molar-refractivity contribution < 1.29 is 0 Å². The van der Waals surface area contributed by atoms with E-state index in [1.54, 1.807) is 0 Å². The van der Waals surface area contributed by atoms with Gasteiger partial charge in [0, 0.05) is 9.12 Å². The van der Waals surface area contributed by atoms with E-state index in [2.05, 4.69) is 29.6 Å². The molecule has 0 aliphatic carbocycles. The van der Waals surface area contributed by atoms with Crippen molar-refractivity contribution >= 4 is 33.1 Å². The Morgan fingerprint density at radius 3 is 1.57 bits per heavy atom. The molecule has 1 aromatic rings. The molecule has 0 amide bonds. The third-order valence-corrected chi connectivity index (χ3v) is 1.56. The largest absolute Gasteiger partial charge is 0.107 e. The molecule has 0 bridgehead atoms. The molecule has 7 heavy (non-hydrogen) atoms. The molecule has 0 saturated carbocycles. The number of halogens is 1. The lowest BCUT2D eigenvalue weighted by Crippen LogP contribution is -1.60. The molecule has 1 heterocycles. The van der Waals surface area contributed by atoms with Gasteiger partial charge in [0.05, 0.1) is 0 Å². The van der Waals surface area contributed by atoms with E-state index in [1.807, 2.05) is 0 Å². The van der Waals surface area contributed by atoms with Crippen LogP contribution in [0, 0.1) is 0 Å². The summed E-state index contributed by atoms with van der Waals surface area (Å²) in [5.41, 5.74) is 4.42. The molecule has 0 atom stereocenters. The van der Waals surface area contributed by atoms with E-state index in [9.17, 15) is 0 Å². The molecule has 0 aliphatic rings. The summed E-state index contributed by atoms with van der Waals surface area (Å²) in [6.45, 7) is 0. The number of hydrogen-bond acceptors (Lipinski definition) is 0. The van der Waals surface area contributed by atoms with Gasteiger partial charge in [-0.1, -0.05) is 29.6 Å². The van der Waals surface area contributed by atoms with Crippen LogP contribution in [0.15, 0.2) is 29.6 Å². The second-order valence-corrected chi connectivity index (χ2v) is 2.31. The van der Waals surface area contributed by atoms with E-state index < -0.39 is 0 Å². The predicted molar refractivity (Wildman–Crippen MR) is 44.6 cm³/mol. The van der Waals surface area contributed by atoms with Gasteiger partial charge in [0.1, 0.15) is 0 Å². The summed E-state index contributed by atoms with van der Waals surface area (Å²) < 4.78 is 0. The SMILES string of the molecule is I.c1cc[siH]cc1. The van der Waals surface area contributed by atoms with Crippen molar-refractivity contribution in [3.63, 3.8) is 0 Å². The quantitative estimate of drug-likeness (QED) is 0.459. The Balaban J connectivity index is 0.000000360. The van der Waals surface area contributed by atoms with E-state index in [0.29, 0.717) is 9.12 Å². The fourth-order valence-corrected chi connectivity index (χ4v) is 1.03. The van der Waals surface area contributed by atoms with Gasteiger partial charge < -0.3 is 0 Å². The summed E-state index contributed by atoms with van der Waals surface area (Å²) in [4.78, 5) is 0. The van der Waals surface area contributed by atoms with Crippen LogP contribution in [-0.2, 0) is 0 Å². The second-order valence-electron chi connectivity index (χ2n) is 1.15. The van der Waals surface area contributed by atoms with Gasteiger partial charge in [0.15, 0.2) is 0 Å². The summed E-state index contributed by atoms with van der Waals surface area (Å²) in [7, 11) is 0.513. The lowest BCUT2D eigenvalue weighted by atomic mass is 10.6. The second kappa shape index (κ2) is 4.46. The van der Waals surface area contributed by atoms with Crippen molar-refractivity contribution in [2.45, 2.75) is 0 Å². The highest BCUT2D eigenvalue weighted by atomic mass is 127. The summed E-state index contributed by atoms with van der Waals surface area (Å²) in [5.74, 6) is 0. The Morgan fingerprint density at radius 1 is 0.857 bits per heavy atom. The minimum Gasteiger partial charge on any atom is -0.107 e. The number of rotatable bonds is 0. The lowest BCUT2D eigenvalue weighted by molar-refractivity contribution is 1.87. The van der Waals surface area contributed by atoms with Crippen LogP contribution in [0.2, 0.25) is 0 Å². The normalized spacial score (nSPS) is 6.86. The van der Waals surface area contributed by atoms with E-state index in [-0.39, 0.29) is 24.0 Å². The molecule has 0 radical (unpaired) electrons. The van der Waals surface area contributed by atoms with Crippen molar-refractivity contribution in [2.24, 2.45) is 0 Å². The zero-order valence-corrected chi connectivity index (χ0v) is 7.36. The monoisotopic (exact) mass is 222 g/mol. The molecule has 0 N–H and O–H groups in total. The van der Waals surface area contributed by atoms with Gasteiger partial charge in [0.25, 0.3) is 0 Å². The average molecular weight is 222 g/mol. The molecule has 0 fully saturated rings. The van der Waals surface area contributed by atoms with Crippen molar-refractivity contribution in [3.05, 3.63) is 29.6 Å². The summed E-state index contributed by atoms with van der Waals surface area (Å²) >= 11 is 0. The lowest BCUT2D eigenvalue weighted by Gasteiger charge is -1.69. The molecule has 0 unspecified atom stereocenters. The smallest absolute Gasteiger partial charge is 0.0198 e. The topological polar surface area (TPSA) is 0 Å². The fourth-order valence-electron chi connectivity index (χ4n) is 0.385. The summed E-state index contributed by atoms with van der Waals surface area (Å²) in [6.07, 6.45) is 0. The summed E-state index contributed by atoms with van der Waals surface area (Å²) in [6, 6.07) is 6.24. The predicted octanol–water partition coefficient (Wildman–Crippen LogP) is 1.37. The fraction of sp³-hybridized carbons (Fsp3) is 0. The molecule has 2 heteroatoms. The van der Waals surface area contributed by atoms with E-state index in [0.717, 1.165) is 0 Å². The first kappa shape index (κ1) is 7.30. The van der Waals surface area contributed by atoms with Crippen LogP contribution >= 0.6 is 24.0 Å². The van der Waals surface area contributed by atoms with Gasteiger partial charge in [0.2, 0.25) is 0 Å². The Morgan fingerprint density at radius 2 is 1.43 bits per heavy atom. The molecule has 0 saturated heterocycles. The van der Waals surface area contributed by atoms with Gasteiger partial charge in [-0.25, -0.2) is 0 Å². The Labute approximate surface area is 62.7 Å². The molecule has 1 rings (SSSR count). The Hall–Kier alpha value is 0.297. The van der Waals surface area contributed by atoms with Crippen LogP contribution in [0.1, 0.15) is 0 Å². The summed E-state index contributed by atoms with van der Waals surface area (Å²) in [5, 5.41) is 0. The average Bonchev–Trinajstić information content (AvgIpc) is 1.72. The van der Waals surface area contributed by atoms with Crippen LogP contribution in [0.3, 0.4) is 0 Å². The molecule has 0 nitrogen and oxygen atoms in total. The van der Waals surface area contributed by atoms with Crippen LogP contribution in [0.5, 0.6) is 0 Å². The van der Waals surface area contributed by atoms with Crippen molar-refractivity contribution in [1.82, 2.24) is 0 Å². The van der Waals surface area contributed by atoms with Gasteiger partial charge in [-0.05, 0) is 0 Å². The van der Waals surface area contributed by atoms with Crippen molar-refractivity contribution in [2.75, 3.05) is 0 Å². The van der Waals surface area contributed by atoms with Gasteiger partial charge in [-0.3, -0.25) is 0 Å².